The van der Waals surface area contributed by atoms with E-state index in [1.54, 1.807) is 30.3 Å². The van der Waals surface area contributed by atoms with E-state index in [4.69, 9.17) is 0 Å². The summed E-state index contributed by atoms with van der Waals surface area (Å²) in [4.78, 5) is 44.1. The molecule has 1 saturated carbocycles. The molecule has 2 aliphatic rings. The van der Waals surface area contributed by atoms with Crippen molar-refractivity contribution in [2.75, 3.05) is 6.54 Å². The Kier molecular flexibility index (Phi) is 7.23. The van der Waals surface area contributed by atoms with Crippen LogP contribution in [-0.4, -0.2) is 48.0 Å². The highest BCUT2D eigenvalue weighted by molar-refractivity contribution is 7.93. The molecule has 2 unspecified atom stereocenters. The first-order valence-corrected chi connectivity index (χ1v) is 15.6. The number of thiazole rings is 1. The highest BCUT2D eigenvalue weighted by atomic mass is 32.2. The number of rotatable bonds is 8. The van der Waals surface area contributed by atoms with Gasteiger partial charge in [0.25, 0.3) is 0 Å². The molecule has 42 heavy (non-hydrogen) atoms. The lowest BCUT2D eigenvalue weighted by atomic mass is 10.0. The van der Waals surface area contributed by atoms with Gasteiger partial charge in [0.15, 0.2) is 20.9 Å². The number of hydrogen-bond donors (Lipinski definition) is 3. The molecule has 2 aromatic carbocycles. The van der Waals surface area contributed by atoms with Crippen molar-refractivity contribution in [1.29, 1.82) is 0 Å². The number of aromatic amines is 1. The monoisotopic (exact) mass is 610 g/mol. The highest BCUT2D eigenvalue weighted by Gasteiger charge is 2.42. The molecule has 0 saturated heterocycles. The lowest BCUT2D eigenvalue weighted by Crippen LogP contribution is -2.42. The molecule has 1 fully saturated rings. The molecule has 2 heterocycles. The molecule has 216 valence electrons. The standard InChI is InChI=1S/C29H24F2N4O5S2/c30-18-3-7-20(8-4-18)42(39,40)27(28(38)32-14-25(37)33-19-5-6-19)29-35-26-21(31)12-17(13-23(26)41-29)15-1-9-22-16(11-15)2-10-24(36)34-22/h1-4,7,9-13,19-20,27H,5-6,8,14H2,(H,32,38)(H,33,37)(H,34,36). The molecule has 3 N–H and O–H groups in total. The van der Waals surface area contributed by atoms with Crippen LogP contribution in [0.3, 0.4) is 0 Å². The van der Waals surface area contributed by atoms with Gasteiger partial charge in [-0.3, -0.25) is 14.4 Å². The van der Waals surface area contributed by atoms with Crippen molar-refractivity contribution in [1.82, 2.24) is 20.6 Å². The minimum Gasteiger partial charge on any atom is -0.352 e. The predicted molar refractivity (Wildman–Crippen MR) is 156 cm³/mol. The molecule has 6 rings (SSSR count). The topological polar surface area (TPSA) is 138 Å². The summed E-state index contributed by atoms with van der Waals surface area (Å²) < 4.78 is 56.8. The number of sulfone groups is 1. The first-order valence-electron chi connectivity index (χ1n) is 13.2. The second kappa shape index (κ2) is 10.9. The Balaban J connectivity index is 1.37. The van der Waals surface area contributed by atoms with Crippen molar-refractivity contribution in [3.63, 3.8) is 0 Å². The summed E-state index contributed by atoms with van der Waals surface area (Å²) in [5.74, 6) is -2.74. The van der Waals surface area contributed by atoms with Crippen LogP contribution in [0.1, 0.15) is 29.5 Å². The summed E-state index contributed by atoms with van der Waals surface area (Å²) in [7, 11) is -4.35. The molecular formula is C29H24F2N4O5S2. The van der Waals surface area contributed by atoms with E-state index in [0.717, 1.165) is 41.7 Å². The summed E-state index contributed by atoms with van der Waals surface area (Å²) in [5, 5.41) is 2.60. The van der Waals surface area contributed by atoms with E-state index >= 15 is 4.39 Å². The number of amides is 2. The van der Waals surface area contributed by atoms with Crippen molar-refractivity contribution in [2.24, 2.45) is 0 Å². The van der Waals surface area contributed by atoms with Gasteiger partial charge in [0, 0.05) is 17.6 Å². The van der Waals surface area contributed by atoms with Crippen molar-refractivity contribution in [3.05, 3.63) is 87.7 Å². The lowest BCUT2D eigenvalue weighted by Gasteiger charge is -2.21. The van der Waals surface area contributed by atoms with Gasteiger partial charge >= 0.3 is 0 Å². The van der Waals surface area contributed by atoms with Gasteiger partial charge in [0.1, 0.15) is 16.4 Å². The number of halogens is 2. The van der Waals surface area contributed by atoms with Crippen LogP contribution in [0.15, 0.2) is 71.3 Å². The summed E-state index contributed by atoms with van der Waals surface area (Å²) in [6.45, 7) is -0.437. The third kappa shape index (κ3) is 5.61. The number of aromatic nitrogens is 2. The molecular weight excluding hydrogens is 586 g/mol. The van der Waals surface area contributed by atoms with E-state index in [1.165, 1.54) is 18.2 Å². The average molecular weight is 611 g/mol. The average Bonchev–Trinajstić information content (AvgIpc) is 3.67. The summed E-state index contributed by atoms with van der Waals surface area (Å²) >= 11 is 0.856. The third-order valence-electron chi connectivity index (χ3n) is 7.12. The largest absolute Gasteiger partial charge is 0.352 e. The number of benzene rings is 2. The first-order chi connectivity index (χ1) is 20.1. The molecule has 0 aliphatic heterocycles. The van der Waals surface area contributed by atoms with Gasteiger partial charge in [0.2, 0.25) is 17.4 Å². The van der Waals surface area contributed by atoms with Crippen molar-refractivity contribution in [3.8, 4) is 11.1 Å². The molecule has 2 aromatic heterocycles. The molecule has 9 nitrogen and oxygen atoms in total. The Morgan fingerprint density at radius 2 is 1.90 bits per heavy atom. The third-order valence-corrected chi connectivity index (χ3v) is 10.6. The van der Waals surface area contributed by atoms with Crippen LogP contribution < -0.4 is 16.2 Å². The summed E-state index contributed by atoms with van der Waals surface area (Å²) in [5.41, 5.74) is 1.40. The number of nitrogens with zero attached hydrogens (tertiary/aromatic N) is 1. The van der Waals surface area contributed by atoms with E-state index in [2.05, 4.69) is 20.6 Å². The van der Waals surface area contributed by atoms with Gasteiger partial charge in [-0.05, 0) is 78.3 Å². The lowest BCUT2D eigenvalue weighted by molar-refractivity contribution is -0.126. The van der Waals surface area contributed by atoms with Gasteiger partial charge in [-0.15, -0.1) is 11.3 Å². The van der Waals surface area contributed by atoms with Crippen LogP contribution in [0.25, 0.3) is 32.2 Å². The number of carbonyl (C=O) groups excluding carboxylic acids is 2. The second-order valence-electron chi connectivity index (χ2n) is 10.2. The highest BCUT2D eigenvalue weighted by Crippen LogP contribution is 2.38. The van der Waals surface area contributed by atoms with Crippen LogP contribution in [0.5, 0.6) is 0 Å². The number of allylic oxidation sites excluding steroid dienone is 3. The SMILES string of the molecule is O=C(CNC(=O)C(c1nc2c(F)cc(-c3ccc4[nH]c(=O)ccc4c3)cc2s1)S(=O)(=O)C1C=CC(F)=CC1)NC1CC1. The number of hydrogen-bond acceptors (Lipinski definition) is 7. The quantitative estimate of drug-likeness (QED) is 0.276. The number of fused-ring (bicyclic) bond motifs is 2. The fourth-order valence-corrected chi connectivity index (χ4v) is 8.06. The Labute approximate surface area is 242 Å². The van der Waals surface area contributed by atoms with Crippen LogP contribution in [0.2, 0.25) is 0 Å². The van der Waals surface area contributed by atoms with E-state index in [0.29, 0.717) is 21.3 Å². The zero-order chi connectivity index (χ0) is 29.6. The molecule has 2 atom stereocenters. The van der Waals surface area contributed by atoms with E-state index in [9.17, 15) is 27.2 Å². The molecule has 0 bridgehead atoms. The minimum atomic E-state index is -4.35. The van der Waals surface area contributed by atoms with Crippen LogP contribution in [0.4, 0.5) is 8.78 Å². The van der Waals surface area contributed by atoms with Crippen molar-refractivity contribution in [2.45, 2.75) is 35.8 Å². The molecule has 4 aromatic rings. The Morgan fingerprint density at radius 1 is 1.10 bits per heavy atom. The van der Waals surface area contributed by atoms with Crippen LogP contribution in [0, 0.1) is 5.82 Å². The first kappa shape index (κ1) is 27.9. The van der Waals surface area contributed by atoms with E-state index in [-0.39, 0.29) is 28.5 Å². The fourth-order valence-electron chi connectivity index (χ4n) is 4.78. The van der Waals surface area contributed by atoms with Gasteiger partial charge in [0.05, 0.1) is 16.5 Å². The molecule has 0 spiro atoms. The zero-order valence-corrected chi connectivity index (χ0v) is 23.5. The van der Waals surface area contributed by atoms with Gasteiger partial charge in [-0.1, -0.05) is 12.1 Å². The maximum absolute atomic E-state index is 15.4. The smallest absolute Gasteiger partial charge is 0.248 e. The van der Waals surface area contributed by atoms with E-state index in [1.807, 2.05) is 0 Å². The number of H-pyrrole nitrogens is 1. The molecule has 13 heteroatoms. The van der Waals surface area contributed by atoms with Crippen LogP contribution in [-0.2, 0) is 19.4 Å². The fraction of sp³-hybridized carbons (Fsp3) is 0.241. The van der Waals surface area contributed by atoms with Gasteiger partial charge < -0.3 is 15.6 Å². The maximum atomic E-state index is 15.4. The normalized spacial score (nSPS) is 17.7. The van der Waals surface area contributed by atoms with Crippen molar-refractivity contribution < 1.29 is 26.8 Å². The van der Waals surface area contributed by atoms with Crippen molar-refractivity contribution >= 4 is 54.1 Å². The molecule has 2 aliphatic carbocycles. The minimum absolute atomic E-state index is 0.0503. The predicted octanol–water partition coefficient (Wildman–Crippen LogP) is 3.98. The summed E-state index contributed by atoms with van der Waals surface area (Å²) in [6.07, 6.45) is 4.80. The van der Waals surface area contributed by atoms with Gasteiger partial charge in [-0.25, -0.2) is 22.2 Å². The molecule has 0 radical (unpaired) electrons. The van der Waals surface area contributed by atoms with Crippen LogP contribution >= 0.6 is 11.3 Å². The Bertz CT molecular complexity index is 1980. The summed E-state index contributed by atoms with van der Waals surface area (Å²) in [6, 6.07) is 11.2. The molecule has 2 amide bonds. The Hall–Kier alpha value is -4.23. The maximum Gasteiger partial charge on any atom is 0.248 e. The second-order valence-corrected chi connectivity index (χ2v) is 13.5. The van der Waals surface area contributed by atoms with E-state index < -0.39 is 50.3 Å². The zero-order valence-electron chi connectivity index (χ0n) is 21.9. The van der Waals surface area contributed by atoms with Gasteiger partial charge in [-0.2, -0.15) is 0 Å². The number of carbonyl (C=O) groups is 2. The Morgan fingerprint density at radius 3 is 2.64 bits per heavy atom. The number of pyridine rings is 1. The number of nitrogens with one attached hydrogen (secondary N) is 3.